The SMILES string of the molecule is Oc1ccc(C(O)CNCCNCc2ccccc2)cc1. The number of hydrogen-bond acceptors (Lipinski definition) is 4. The Morgan fingerprint density at radius 2 is 1.52 bits per heavy atom. The van der Waals surface area contributed by atoms with E-state index in [1.807, 2.05) is 18.2 Å². The summed E-state index contributed by atoms with van der Waals surface area (Å²) in [5, 5.41) is 25.7. The molecule has 2 aromatic rings. The molecule has 0 saturated carbocycles. The van der Waals surface area contributed by atoms with E-state index in [-0.39, 0.29) is 5.75 Å². The first-order chi connectivity index (χ1) is 10.3. The van der Waals surface area contributed by atoms with Gasteiger partial charge in [-0.25, -0.2) is 0 Å². The smallest absolute Gasteiger partial charge is 0.115 e. The molecule has 0 aromatic heterocycles. The number of nitrogens with one attached hydrogen (secondary N) is 2. The monoisotopic (exact) mass is 286 g/mol. The van der Waals surface area contributed by atoms with Crippen LogP contribution in [0.5, 0.6) is 5.75 Å². The van der Waals surface area contributed by atoms with Crippen LogP contribution in [0, 0.1) is 0 Å². The van der Waals surface area contributed by atoms with Gasteiger partial charge in [0.1, 0.15) is 5.75 Å². The molecule has 0 saturated heterocycles. The van der Waals surface area contributed by atoms with Crippen LogP contribution in [0.3, 0.4) is 0 Å². The molecule has 4 heteroatoms. The predicted molar refractivity (Wildman–Crippen MR) is 84.1 cm³/mol. The summed E-state index contributed by atoms with van der Waals surface area (Å²) in [7, 11) is 0. The lowest BCUT2D eigenvalue weighted by molar-refractivity contribution is 0.175. The molecular weight excluding hydrogens is 264 g/mol. The van der Waals surface area contributed by atoms with Gasteiger partial charge >= 0.3 is 0 Å². The van der Waals surface area contributed by atoms with Crippen molar-refractivity contribution in [2.75, 3.05) is 19.6 Å². The minimum Gasteiger partial charge on any atom is -0.508 e. The summed E-state index contributed by atoms with van der Waals surface area (Å²) in [6.07, 6.45) is -0.556. The van der Waals surface area contributed by atoms with Crippen molar-refractivity contribution >= 4 is 0 Å². The molecule has 112 valence electrons. The minimum atomic E-state index is -0.556. The molecule has 2 rings (SSSR count). The number of benzene rings is 2. The first kappa shape index (κ1) is 15.5. The second kappa shape index (κ2) is 8.42. The van der Waals surface area contributed by atoms with Gasteiger partial charge in [-0.2, -0.15) is 0 Å². The zero-order chi connectivity index (χ0) is 14.9. The summed E-state index contributed by atoms with van der Waals surface area (Å²) >= 11 is 0. The highest BCUT2D eigenvalue weighted by Gasteiger charge is 2.06. The average molecular weight is 286 g/mol. The van der Waals surface area contributed by atoms with Gasteiger partial charge in [0.05, 0.1) is 6.10 Å². The number of aliphatic hydroxyl groups excluding tert-OH is 1. The van der Waals surface area contributed by atoms with Gasteiger partial charge < -0.3 is 20.8 Å². The quantitative estimate of drug-likeness (QED) is 0.559. The lowest BCUT2D eigenvalue weighted by Crippen LogP contribution is -2.30. The van der Waals surface area contributed by atoms with E-state index in [2.05, 4.69) is 22.8 Å². The molecule has 0 heterocycles. The van der Waals surface area contributed by atoms with Crippen molar-refractivity contribution in [1.29, 1.82) is 0 Å². The predicted octanol–water partition coefficient (Wildman–Crippen LogP) is 1.80. The molecular formula is C17H22N2O2. The van der Waals surface area contributed by atoms with Gasteiger partial charge in [0.25, 0.3) is 0 Å². The first-order valence-electron chi connectivity index (χ1n) is 7.18. The van der Waals surface area contributed by atoms with Gasteiger partial charge in [-0.1, -0.05) is 42.5 Å². The zero-order valence-electron chi connectivity index (χ0n) is 12.0. The maximum Gasteiger partial charge on any atom is 0.115 e. The van der Waals surface area contributed by atoms with E-state index >= 15 is 0 Å². The van der Waals surface area contributed by atoms with Crippen LogP contribution < -0.4 is 10.6 Å². The van der Waals surface area contributed by atoms with Crippen molar-refractivity contribution in [2.45, 2.75) is 12.6 Å². The van der Waals surface area contributed by atoms with Crippen molar-refractivity contribution in [3.63, 3.8) is 0 Å². The van der Waals surface area contributed by atoms with Crippen LogP contribution in [-0.4, -0.2) is 29.8 Å². The largest absolute Gasteiger partial charge is 0.508 e. The highest BCUT2D eigenvalue weighted by Crippen LogP contribution is 2.15. The second-order valence-electron chi connectivity index (χ2n) is 4.97. The lowest BCUT2D eigenvalue weighted by atomic mass is 10.1. The summed E-state index contributed by atoms with van der Waals surface area (Å²) in [6, 6.07) is 16.9. The fraction of sp³-hybridized carbons (Fsp3) is 0.294. The Morgan fingerprint density at radius 3 is 2.24 bits per heavy atom. The number of phenolic OH excluding ortho intramolecular Hbond substituents is 1. The summed E-state index contributed by atoms with van der Waals surface area (Å²) < 4.78 is 0. The van der Waals surface area contributed by atoms with Crippen LogP contribution in [0.25, 0.3) is 0 Å². The number of aliphatic hydroxyl groups is 1. The zero-order valence-corrected chi connectivity index (χ0v) is 12.0. The molecule has 0 amide bonds. The molecule has 4 nitrogen and oxygen atoms in total. The van der Waals surface area contributed by atoms with Crippen LogP contribution in [0.15, 0.2) is 54.6 Å². The molecule has 0 fully saturated rings. The van der Waals surface area contributed by atoms with E-state index in [0.29, 0.717) is 6.54 Å². The van der Waals surface area contributed by atoms with Gasteiger partial charge in [-0.15, -0.1) is 0 Å². The highest BCUT2D eigenvalue weighted by atomic mass is 16.3. The van der Waals surface area contributed by atoms with Crippen molar-refractivity contribution < 1.29 is 10.2 Å². The third-order valence-corrected chi connectivity index (χ3v) is 3.27. The molecule has 1 unspecified atom stereocenters. The molecule has 0 aliphatic heterocycles. The van der Waals surface area contributed by atoms with E-state index in [0.717, 1.165) is 25.2 Å². The van der Waals surface area contributed by atoms with Gasteiger partial charge in [0.2, 0.25) is 0 Å². The van der Waals surface area contributed by atoms with Crippen LogP contribution in [0.2, 0.25) is 0 Å². The molecule has 0 spiro atoms. The van der Waals surface area contributed by atoms with E-state index in [1.165, 1.54) is 5.56 Å². The molecule has 21 heavy (non-hydrogen) atoms. The Balaban J connectivity index is 1.58. The third kappa shape index (κ3) is 5.55. The Hall–Kier alpha value is -1.88. The molecule has 1 atom stereocenters. The van der Waals surface area contributed by atoms with Crippen LogP contribution in [0.4, 0.5) is 0 Å². The van der Waals surface area contributed by atoms with Gasteiger partial charge in [0, 0.05) is 26.2 Å². The summed E-state index contributed by atoms with van der Waals surface area (Å²) in [6.45, 7) is 2.99. The normalized spacial score (nSPS) is 12.2. The van der Waals surface area contributed by atoms with Crippen molar-refractivity contribution in [1.82, 2.24) is 10.6 Å². The van der Waals surface area contributed by atoms with Crippen molar-refractivity contribution in [2.24, 2.45) is 0 Å². The highest BCUT2D eigenvalue weighted by molar-refractivity contribution is 5.27. The number of rotatable bonds is 8. The number of aromatic hydroxyl groups is 1. The molecule has 0 aliphatic carbocycles. The Morgan fingerprint density at radius 1 is 0.857 bits per heavy atom. The van der Waals surface area contributed by atoms with Crippen LogP contribution in [0.1, 0.15) is 17.2 Å². The van der Waals surface area contributed by atoms with Gasteiger partial charge in [0.15, 0.2) is 0 Å². The van der Waals surface area contributed by atoms with Crippen LogP contribution in [-0.2, 0) is 6.54 Å². The van der Waals surface area contributed by atoms with E-state index in [9.17, 15) is 10.2 Å². The fourth-order valence-corrected chi connectivity index (χ4v) is 2.06. The maximum atomic E-state index is 9.98. The molecule has 2 aromatic carbocycles. The number of phenols is 1. The van der Waals surface area contributed by atoms with E-state index in [1.54, 1.807) is 24.3 Å². The fourth-order valence-electron chi connectivity index (χ4n) is 2.06. The standard InChI is InChI=1S/C17H22N2O2/c20-16-8-6-15(7-9-16)17(21)13-19-11-10-18-12-14-4-2-1-3-5-14/h1-9,17-21H,10-13H2. The second-order valence-corrected chi connectivity index (χ2v) is 4.97. The van der Waals surface area contributed by atoms with E-state index in [4.69, 9.17) is 0 Å². The van der Waals surface area contributed by atoms with E-state index < -0.39 is 6.10 Å². The topological polar surface area (TPSA) is 64.5 Å². The average Bonchev–Trinajstić information content (AvgIpc) is 2.52. The Kier molecular flexibility index (Phi) is 6.22. The number of hydrogen-bond donors (Lipinski definition) is 4. The Labute approximate surface area is 125 Å². The lowest BCUT2D eigenvalue weighted by Gasteiger charge is -2.12. The third-order valence-electron chi connectivity index (χ3n) is 3.27. The summed E-state index contributed by atoms with van der Waals surface area (Å²) in [5.74, 6) is 0.212. The molecule has 0 bridgehead atoms. The van der Waals surface area contributed by atoms with Gasteiger partial charge in [-0.05, 0) is 23.3 Å². The first-order valence-corrected chi connectivity index (χ1v) is 7.18. The van der Waals surface area contributed by atoms with Crippen LogP contribution >= 0.6 is 0 Å². The van der Waals surface area contributed by atoms with Crippen molar-refractivity contribution in [3.8, 4) is 5.75 Å². The molecule has 0 aliphatic rings. The molecule has 0 radical (unpaired) electrons. The maximum absolute atomic E-state index is 9.98. The minimum absolute atomic E-state index is 0.212. The van der Waals surface area contributed by atoms with Gasteiger partial charge in [-0.3, -0.25) is 0 Å². The summed E-state index contributed by atoms with van der Waals surface area (Å²) in [5.41, 5.74) is 2.07. The molecule has 4 N–H and O–H groups in total. The van der Waals surface area contributed by atoms with Crippen molar-refractivity contribution in [3.05, 3.63) is 65.7 Å². The Bertz CT molecular complexity index is 514. The summed E-state index contributed by atoms with van der Waals surface area (Å²) in [4.78, 5) is 0.